The van der Waals surface area contributed by atoms with E-state index in [0.29, 0.717) is 0 Å². The van der Waals surface area contributed by atoms with Gasteiger partial charge in [-0.3, -0.25) is 0 Å². The second kappa shape index (κ2) is 5.80. The first-order valence-electron chi connectivity index (χ1n) is 8.34. The molecular weight excluding hydrogens is 258 g/mol. The number of hydrogen-bond acceptors (Lipinski definition) is 2. The molecule has 0 spiro atoms. The van der Waals surface area contributed by atoms with E-state index in [2.05, 4.69) is 42.7 Å². The maximum Gasteiger partial charge on any atom is 0.111 e. The molecule has 21 heavy (non-hydrogen) atoms. The number of aromatic nitrogens is 2. The van der Waals surface area contributed by atoms with Gasteiger partial charge in [0.15, 0.2) is 0 Å². The zero-order valence-electron chi connectivity index (χ0n) is 13.3. The summed E-state index contributed by atoms with van der Waals surface area (Å²) >= 11 is 0. The Morgan fingerprint density at radius 2 is 1.95 bits per heavy atom. The highest BCUT2D eigenvalue weighted by molar-refractivity contribution is 5.75. The number of rotatable bonds is 4. The van der Waals surface area contributed by atoms with Crippen LogP contribution in [0.15, 0.2) is 24.3 Å². The molecule has 1 aliphatic carbocycles. The van der Waals surface area contributed by atoms with Crippen molar-refractivity contribution in [3.05, 3.63) is 30.1 Å². The quantitative estimate of drug-likeness (QED) is 0.926. The third-order valence-corrected chi connectivity index (χ3v) is 5.34. The number of nitrogens with two attached hydrogens (primary N) is 1. The molecule has 0 radical (unpaired) electrons. The fourth-order valence-electron chi connectivity index (χ4n) is 3.81. The standard InChI is InChI=1S/C18H27N3/c1-3-21-15-10-6-5-9-14(15)20-17(21)13-16(19)18(2)11-7-4-8-12-18/h5-6,9-10,16H,3-4,7-8,11-13,19H2,1-2H3. The lowest BCUT2D eigenvalue weighted by molar-refractivity contribution is 0.167. The normalized spacial score (nSPS) is 19.8. The second-order valence-electron chi connectivity index (χ2n) is 6.79. The second-order valence-corrected chi connectivity index (χ2v) is 6.79. The molecule has 0 bridgehead atoms. The summed E-state index contributed by atoms with van der Waals surface area (Å²) in [4.78, 5) is 4.83. The van der Waals surface area contributed by atoms with Gasteiger partial charge in [-0.2, -0.15) is 0 Å². The third-order valence-electron chi connectivity index (χ3n) is 5.34. The van der Waals surface area contributed by atoms with Gasteiger partial charge in [-0.05, 0) is 37.3 Å². The third kappa shape index (κ3) is 2.71. The largest absolute Gasteiger partial charge is 0.328 e. The van der Waals surface area contributed by atoms with Crippen LogP contribution in [0.3, 0.4) is 0 Å². The molecule has 1 heterocycles. The maximum absolute atomic E-state index is 6.61. The van der Waals surface area contributed by atoms with Gasteiger partial charge in [0.1, 0.15) is 5.82 Å². The van der Waals surface area contributed by atoms with Gasteiger partial charge in [0.2, 0.25) is 0 Å². The van der Waals surface area contributed by atoms with E-state index in [-0.39, 0.29) is 11.5 Å². The van der Waals surface area contributed by atoms with Gasteiger partial charge in [0.05, 0.1) is 11.0 Å². The van der Waals surface area contributed by atoms with E-state index in [1.165, 1.54) is 37.6 Å². The highest BCUT2D eigenvalue weighted by Gasteiger charge is 2.34. The van der Waals surface area contributed by atoms with Crippen LogP contribution >= 0.6 is 0 Å². The Morgan fingerprint density at radius 1 is 1.24 bits per heavy atom. The van der Waals surface area contributed by atoms with Crippen LogP contribution in [0, 0.1) is 5.41 Å². The maximum atomic E-state index is 6.61. The van der Waals surface area contributed by atoms with E-state index in [4.69, 9.17) is 10.7 Å². The highest BCUT2D eigenvalue weighted by Crippen LogP contribution is 2.39. The molecule has 1 aromatic carbocycles. The molecule has 1 atom stereocenters. The molecule has 1 unspecified atom stereocenters. The number of benzene rings is 1. The molecule has 3 nitrogen and oxygen atoms in total. The number of nitrogens with zero attached hydrogens (tertiary/aromatic N) is 2. The molecule has 1 fully saturated rings. The van der Waals surface area contributed by atoms with Gasteiger partial charge in [0.25, 0.3) is 0 Å². The van der Waals surface area contributed by atoms with Crippen LogP contribution in [-0.4, -0.2) is 15.6 Å². The fraction of sp³-hybridized carbons (Fsp3) is 0.611. The predicted octanol–water partition coefficient (Wildman–Crippen LogP) is 3.90. The monoisotopic (exact) mass is 285 g/mol. The lowest BCUT2D eigenvalue weighted by Crippen LogP contribution is -2.43. The molecule has 2 aromatic rings. The topological polar surface area (TPSA) is 43.8 Å². The minimum atomic E-state index is 0.208. The number of imidazole rings is 1. The lowest BCUT2D eigenvalue weighted by atomic mass is 9.70. The fourth-order valence-corrected chi connectivity index (χ4v) is 3.81. The van der Waals surface area contributed by atoms with Crippen molar-refractivity contribution in [2.75, 3.05) is 0 Å². The summed E-state index contributed by atoms with van der Waals surface area (Å²) in [6.07, 6.45) is 7.44. The number of aryl methyl sites for hydroxylation is 1. The molecule has 114 valence electrons. The molecule has 0 saturated heterocycles. The van der Waals surface area contributed by atoms with Crippen LogP contribution in [0.4, 0.5) is 0 Å². The van der Waals surface area contributed by atoms with Crippen molar-refractivity contribution >= 4 is 11.0 Å². The summed E-state index contributed by atoms with van der Waals surface area (Å²) in [7, 11) is 0. The number of hydrogen-bond donors (Lipinski definition) is 1. The lowest BCUT2D eigenvalue weighted by Gasteiger charge is -2.38. The molecular formula is C18H27N3. The number of para-hydroxylation sites is 2. The van der Waals surface area contributed by atoms with Gasteiger partial charge in [-0.1, -0.05) is 38.3 Å². The minimum Gasteiger partial charge on any atom is -0.328 e. The molecule has 1 aromatic heterocycles. The summed E-state index contributed by atoms with van der Waals surface area (Å²) in [6, 6.07) is 8.60. The first kappa shape index (κ1) is 14.6. The molecule has 0 amide bonds. The van der Waals surface area contributed by atoms with Crippen LogP contribution in [0.1, 0.15) is 51.8 Å². The van der Waals surface area contributed by atoms with E-state index in [9.17, 15) is 0 Å². The van der Waals surface area contributed by atoms with Gasteiger partial charge in [0, 0.05) is 19.0 Å². The van der Waals surface area contributed by atoms with Gasteiger partial charge < -0.3 is 10.3 Å². The Labute approximate surface area is 127 Å². The van der Waals surface area contributed by atoms with E-state index in [1.807, 2.05) is 0 Å². The van der Waals surface area contributed by atoms with E-state index < -0.39 is 0 Å². The number of fused-ring (bicyclic) bond motifs is 1. The van der Waals surface area contributed by atoms with Crippen LogP contribution in [0.5, 0.6) is 0 Å². The summed E-state index contributed by atoms with van der Waals surface area (Å²) in [6.45, 7) is 5.51. The van der Waals surface area contributed by atoms with Crippen molar-refractivity contribution in [1.82, 2.24) is 9.55 Å². The van der Waals surface area contributed by atoms with Crippen LogP contribution < -0.4 is 5.73 Å². The Kier molecular flexibility index (Phi) is 4.03. The van der Waals surface area contributed by atoms with E-state index in [1.54, 1.807) is 0 Å². The Hall–Kier alpha value is -1.35. The van der Waals surface area contributed by atoms with Crippen LogP contribution in [0.25, 0.3) is 11.0 Å². The van der Waals surface area contributed by atoms with Crippen LogP contribution in [-0.2, 0) is 13.0 Å². The SMILES string of the molecule is CCn1c(CC(N)C2(C)CCCCC2)nc2ccccc21. The summed E-state index contributed by atoms with van der Waals surface area (Å²) in [5.41, 5.74) is 9.22. The molecule has 0 aliphatic heterocycles. The minimum absolute atomic E-state index is 0.208. The van der Waals surface area contributed by atoms with Gasteiger partial charge in [-0.15, -0.1) is 0 Å². The van der Waals surface area contributed by atoms with E-state index >= 15 is 0 Å². The molecule has 3 heteroatoms. The molecule has 3 rings (SSSR count). The zero-order valence-corrected chi connectivity index (χ0v) is 13.3. The average Bonchev–Trinajstić information content (AvgIpc) is 2.85. The van der Waals surface area contributed by atoms with Crippen molar-refractivity contribution in [2.24, 2.45) is 11.1 Å². The Balaban J connectivity index is 1.87. The van der Waals surface area contributed by atoms with E-state index in [0.717, 1.165) is 24.3 Å². The average molecular weight is 285 g/mol. The van der Waals surface area contributed by atoms with Crippen molar-refractivity contribution < 1.29 is 0 Å². The van der Waals surface area contributed by atoms with Crippen molar-refractivity contribution in [1.29, 1.82) is 0 Å². The van der Waals surface area contributed by atoms with Crippen molar-refractivity contribution in [3.63, 3.8) is 0 Å². The molecule has 2 N–H and O–H groups in total. The predicted molar refractivity (Wildman–Crippen MR) is 88.3 cm³/mol. The molecule has 1 saturated carbocycles. The zero-order chi connectivity index (χ0) is 14.9. The molecule has 1 aliphatic rings. The Bertz CT molecular complexity index is 608. The summed E-state index contributed by atoms with van der Waals surface area (Å²) in [5, 5.41) is 0. The van der Waals surface area contributed by atoms with Crippen molar-refractivity contribution in [3.8, 4) is 0 Å². The van der Waals surface area contributed by atoms with Gasteiger partial charge >= 0.3 is 0 Å². The first-order valence-corrected chi connectivity index (χ1v) is 8.34. The van der Waals surface area contributed by atoms with Crippen LogP contribution in [0.2, 0.25) is 0 Å². The van der Waals surface area contributed by atoms with Crippen molar-refractivity contribution in [2.45, 2.75) is 65.0 Å². The van der Waals surface area contributed by atoms with Gasteiger partial charge in [-0.25, -0.2) is 4.98 Å². The summed E-state index contributed by atoms with van der Waals surface area (Å²) in [5.74, 6) is 1.15. The highest BCUT2D eigenvalue weighted by atomic mass is 15.1. The summed E-state index contributed by atoms with van der Waals surface area (Å²) < 4.78 is 2.32. The first-order chi connectivity index (χ1) is 10.1. The smallest absolute Gasteiger partial charge is 0.111 e. The Morgan fingerprint density at radius 3 is 2.67 bits per heavy atom.